The number of methoxy groups -OCH3 is 1. The van der Waals surface area contributed by atoms with Crippen LogP contribution in [-0.4, -0.2) is 57.5 Å². The Morgan fingerprint density at radius 2 is 2.00 bits per heavy atom. The zero-order valence-corrected chi connectivity index (χ0v) is 14.4. The van der Waals surface area contributed by atoms with Crippen molar-refractivity contribution in [2.24, 2.45) is 0 Å². The standard InChI is InChI=1S/C13H17ClN2O6S/c1-15-13(19)9-6-8(14)7-10(12(9)22-3)23(20,21)16(2)5-4-11(17)18/h6-7H,4-5H2,1-3H3,(H,15,19)(H,17,18). The van der Waals surface area contributed by atoms with E-state index < -0.39 is 21.9 Å². The van der Waals surface area contributed by atoms with Crippen molar-refractivity contribution in [2.75, 3.05) is 27.7 Å². The molecule has 2 N–H and O–H groups in total. The fourth-order valence-corrected chi connectivity index (χ4v) is 3.47. The van der Waals surface area contributed by atoms with Crippen LogP contribution >= 0.6 is 11.6 Å². The van der Waals surface area contributed by atoms with Crippen molar-refractivity contribution in [3.05, 3.63) is 22.7 Å². The van der Waals surface area contributed by atoms with Crippen molar-refractivity contribution in [2.45, 2.75) is 11.3 Å². The molecule has 0 radical (unpaired) electrons. The first-order valence-corrected chi connectivity index (χ1v) is 8.24. The van der Waals surface area contributed by atoms with Gasteiger partial charge in [-0.3, -0.25) is 9.59 Å². The fourth-order valence-electron chi connectivity index (χ4n) is 1.82. The molecule has 1 amide bonds. The number of ether oxygens (including phenoxy) is 1. The Hall–Kier alpha value is -1.84. The highest BCUT2D eigenvalue weighted by Crippen LogP contribution is 2.33. The largest absolute Gasteiger partial charge is 0.494 e. The number of benzene rings is 1. The van der Waals surface area contributed by atoms with Crippen LogP contribution in [0.25, 0.3) is 0 Å². The monoisotopic (exact) mass is 364 g/mol. The van der Waals surface area contributed by atoms with E-state index in [0.29, 0.717) is 0 Å². The van der Waals surface area contributed by atoms with Gasteiger partial charge in [-0.15, -0.1) is 0 Å². The maximum absolute atomic E-state index is 12.6. The van der Waals surface area contributed by atoms with Gasteiger partial charge in [-0.1, -0.05) is 11.6 Å². The molecular formula is C13H17ClN2O6S. The van der Waals surface area contributed by atoms with Gasteiger partial charge in [-0.2, -0.15) is 0 Å². The van der Waals surface area contributed by atoms with Crippen molar-refractivity contribution in [3.8, 4) is 5.75 Å². The van der Waals surface area contributed by atoms with E-state index in [4.69, 9.17) is 21.4 Å². The first-order valence-electron chi connectivity index (χ1n) is 6.42. The number of carboxylic acid groups (broad SMARTS) is 1. The molecule has 1 aromatic carbocycles. The fraction of sp³-hybridized carbons (Fsp3) is 0.385. The minimum Gasteiger partial charge on any atom is -0.494 e. The summed E-state index contributed by atoms with van der Waals surface area (Å²) in [6.07, 6.45) is -0.360. The number of carboxylic acids is 1. The molecule has 1 aromatic rings. The van der Waals surface area contributed by atoms with Gasteiger partial charge in [0.15, 0.2) is 5.75 Å². The van der Waals surface area contributed by atoms with Gasteiger partial charge in [-0.05, 0) is 12.1 Å². The molecule has 0 saturated heterocycles. The summed E-state index contributed by atoms with van der Waals surface area (Å²) < 4.78 is 31.1. The van der Waals surface area contributed by atoms with E-state index in [9.17, 15) is 18.0 Å². The van der Waals surface area contributed by atoms with Crippen LogP contribution in [0.4, 0.5) is 0 Å². The van der Waals surface area contributed by atoms with Gasteiger partial charge in [0.1, 0.15) is 4.90 Å². The number of amides is 1. The Kier molecular flexibility index (Phi) is 6.37. The Bertz CT molecular complexity index is 719. The average molecular weight is 365 g/mol. The van der Waals surface area contributed by atoms with E-state index >= 15 is 0 Å². The van der Waals surface area contributed by atoms with Crippen LogP contribution in [-0.2, 0) is 14.8 Å². The highest BCUT2D eigenvalue weighted by molar-refractivity contribution is 7.89. The van der Waals surface area contributed by atoms with E-state index in [2.05, 4.69) is 5.32 Å². The Labute approximate surface area is 139 Å². The SMILES string of the molecule is CNC(=O)c1cc(Cl)cc(S(=O)(=O)N(C)CCC(=O)O)c1OC. The molecule has 0 atom stereocenters. The van der Waals surface area contributed by atoms with Gasteiger partial charge in [0, 0.05) is 25.7 Å². The highest BCUT2D eigenvalue weighted by Gasteiger charge is 2.29. The van der Waals surface area contributed by atoms with Crippen LogP contribution in [0.5, 0.6) is 5.75 Å². The third-order valence-corrected chi connectivity index (χ3v) is 5.10. The second kappa shape index (κ2) is 7.62. The third-order valence-electron chi connectivity index (χ3n) is 3.02. The number of halogens is 1. The van der Waals surface area contributed by atoms with Crippen molar-refractivity contribution >= 4 is 33.5 Å². The van der Waals surface area contributed by atoms with Gasteiger partial charge >= 0.3 is 5.97 Å². The molecule has 0 aliphatic heterocycles. The van der Waals surface area contributed by atoms with E-state index in [1.165, 1.54) is 27.3 Å². The van der Waals surface area contributed by atoms with Crippen molar-refractivity contribution in [1.82, 2.24) is 9.62 Å². The Morgan fingerprint density at radius 1 is 1.39 bits per heavy atom. The number of hydrogen-bond acceptors (Lipinski definition) is 5. The normalized spacial score (nSPS) is 11.3. The summed E-state index contributed by atoms with van der Waals surface area (Å²) in [5.41, 5.74) is -0.0345. The number of hydrogen-bond donors (Lipinski definition) is 2. The van der Waals surface area contributed by atoms with Crippen molar-refractivity contribution in [3.63, 3.8) is 0 Å². The molecule has 0 unspecified atom stereocenters. The molecule has 0 spiro atoms. The van der Waals surface area contributed by atoms with E-state index in [1.807, 2.05) is 0 Å². The molecule has 128 valence electrons. The van der Waals surface area contributed by atoms with E-state index in [-0.39, 0.29) is 34.2 Å². The molecule has 0 aromatic heterocycles. The predicted octanol–water partition coefficient (Wildman–Crippen LogP) is 0.803. The molecule has 1 rings (SSSR count). The van der Waals surface area contributed by atoms with Crippen LogP contribution in [0.2, 0.25) is 5.02 Å². The number of nitrogens with zero attached hydrogens (tertiary/aromatic N) is 1. The molecule has 0 saturated carbocycles. The lowest BCUT2D eigenvalue weighted by Crippen LogP contribution is -2.30. The van der Waals surface area contributed by atoms with Crippen molar-refractivity contribution in [1.29, 1.82) is 0 Å². The minimum absolute atomic E-state index is 0.0345. The quantitative estimate of drug-likeness (QED) is 0.740. The summed E-state index contributed by atoms with van der Waals surface area (Å²) in [5, 5.41) is 11.1. The minimum atomic E-state index is -4.08. The molecule has 0 bridgehead atoms. The summed E-state index contributed by atoms with van der Waals surface area (Å²) in [4.78, 5) is 22.2. The predicted molar refractivity (Wildman–Crippen MR) is 83.5 cm³/mol. The van der Waals surface area contributed by atoms with Gasteiger partial charge in [-0.25, -0.2) is 12.7 Å². The van der Waals surface area contributed by atoms with Gasteiger partial charge < -0.3 is 15.2 Å². The zero-order chi connectivity index (χ0) is 17.8. The molecule has 23 heavy (non-hydrogen) atoms. The van der Waals surface area contributed by atoms with E-state index in [1.54, 1.807) is 0 Å². The molecular weight excluding hydrogens is 348 g/mol. The lowest BCUT2D eigenvalue weighted by atomic mass is 10.2. The highest BCUT2D eigenvalue weighted by atomic mass is 35.5. The summed E-state index contributed by atoms with van der Waals surface area (Å²) in [6, 6.07) is 2.44. The molecule has 0 fully saturated rings. The molecule has 8 nitrogen and oxygen atoms in total. The molecule has 0 aliphatic carbocycles. The number of aliphatic carboxylic acids is 1. The Balaban J connectivity index is 3.43. The van der Waals surface area contributed by atoms with Crippen LogP contribution in [0.1, 0.15) is 16.8 Å². The topological polar surface area (TPSA) is 113 Å². The number of nitrogens with one attached hydrogen (secondary N) is 1. The summed E-state index contributed by atoms with van der Waals surface area (Å²) in [7, 11) is -0.236. The number of sulfonamides is 1. The molecule has 0 aliphatic rings. The van der Waals surface area contributed by atoms with Crippen LogP contribution in [0.15, 0.2) is 17.0 Å². The lowest BCUT2D eigenvalue weighted by Gasteiger charge is -2.19. The second-order valence-electron chi connectivity index (χ2n) is 4.53. The maximum atomic E-state index is 12.6. The van der Waals surface area contributed by atoms with Crippen molar-refractivity contribution < 1.29 is 27.9 Å². The second-order valence-corrected chi connectivity index (χ2v) is 6.98. The van der Waals surface area contributed by atoms with Crippen LogP contribution in [0, 0.1) is 0 Å². The maximum Gasteiger partial charge on any atom is 0.304 e. The molecule has 0 heterocycles. The lowest BCUT2D eigenvalue weighted by molar-refractivity contribution is -0.137. The van der Waals surface area contributed by atoms with Crippen LogP contribution < -0.4 is 10.1 Å². The summed E-state index contributed by atoms with van der Waals surface area (Å²) >= 11 is 5.91. The number of carbonyl (C=O) groups is 2. The Morgan fingerprint density at radius 3 is 2.48 bits per heavy atom. The van der Waals surface area contributed by atoms with Gasteiger partial charge in [0.25, 0.3) is 5.91 Å². The first-order chi connectivity index (χ1) is 10.6. The average Bonchev–Trinajstić information content (AvgIpc) is 2.50. The summed E-state index contributed by atoms with van der Waals surface area (Å²) in [5.74, 6) is -1.85. The van der Waals surface area contributed by atoms with Crippen LogP contribution in [0.3, 0.4) is 0 Å². The summed E-state index contributed by atoms with van der Waals surface area (Å²) in [6.45, 7) is -0.233. The third kappa shape index (κ3) is 4.34. The molecule has 10 heteroatoms. The number of carbonyl (C=O) groups excluding carboxylic acids is 1. The zero-order valence-electron chi connectivity index (χ0n) is 12.8. The first kappa shape index (κ1) is 19.2. The van der Waals surface area contributed by atoms with E-state index in [0.717, 1.165) is 10.4 Å². The van der Waals surface area contributed by atoms with Gasteiger partial charge in [0.2, 0.25) is 10.0 Å². The van der Waals surface area contributed by atoms with Gasteiger partial charge in [0.05, 0.1) is 19.1 Å². The number of rotatable bonds is 7. The smallest absolute Gasteiger partial charge is 0.304 e.